The van der Waals surface area contributed by atoms with Crippen LogP contribution in [0.15, 0.2) is 27.4 Å². The second kappa shape index (κ2) is 16.9. The van der Waals surface area contributed by atoms with Gasteiger partial charge in [-0.15, -0.1) is 0 Å². The van der Waals surface area contributed by atoms with Crippen molar-refractivity contribution in [3.8, 4) is 40.1 Å². The normalized spacial score (nSPS) is 11.3. The molecule has 0 fully saturated rings. The van der Waals surface area contributed by atoms with Crippen molar-refractivity contribution in [2.45, 2.75) is 112 Å². The van der Waals surface area contributed by atoms with Crippen LogP contribution in [0.25, 0.3) is 22.3 Å². The highest BCUT2D eigenvalue weighted by atomic mass is 16.5. The summed E-state index contributed by atoms with van der Waals surface area (Å²) in [6.45, 7) is 12.0. The predicted molar refractivity (Wildman–Crippen MR) is 170 cm³/mol. The number of hydrogen-bond donors (Lipinski definition) is 2. The summed E-state index contributed by atoms with van der Waals surface area (Å²) in [6, 6.07) is 4.39. The summed E-state index contributed by atoms with van der Waals surface area (Å²) in [6.07, 6.45) is 10.6. The molecule has 7 nitrogen and oxygen atoms in total. The van der Waals surface area contributed by atoms with Gasteiger partial charge in [-0.2, -0.15) is 0 Å². The van der Waals surface area contributed by atoms with Crippen molar-refractivity contribution in [2.24, 2.45) is 0 Å². The lowest BCUT2D eigenvalue weighted by atomic mass is 9.94. The summed E-state index contributed by atoms with van der Waals surface area (Å²) in [5.41, 5.74) is 2.39. The number of hydrogen-bond acceptors (Lipinski definition) is 7. The smallest absolute Gasteiger partial charge is 0.239 e. The Morgan fingerprint density at radius 3 is 1.71 bits per heavy atom. The standard InChI is InChI=1S/C35H50O7/c1-6-11-16-25-32(39-20-13-8-3)26(17-12-7-2)34-29(33(25)40-21-14-9-4)30(38)35(41-22-15-10-5)31(42-34)24-18-19-27(36)28(37)23-24/h18-19,23,36-37H,6-17,20-22H2,1-5H3. The van der Waals surface area contributed by atoms with Gasteiger partial charge >= 0.3 is 0 Å². The van der Waals surface area contributed by atoms with Gasteiger partial charge in [-0.1, -0.05) is 66.7 Å². The Labute approximate surface area is 250 Å². The van der Waals surface area contributed by atoms with E-state index in [4.69, 9.17) is 18.6 Å². The third-order valence-electron chi connectivity index (χ3n) is 7.43. The fourth-order valence-electron chi connectivity index (χ4n) is 4.91. The summed E-state index contributed by atoms with van der Waals surface area (Å²) >= 11 is 0. The zero-order valence-electron chi connectivity index (χ0n) is 26.3. The van der Waals surface area contributed by atoms with Crippen LogP contribution in [0.1, 0.15) is 110 Å². The number of rotatable bonds is 19. The molecule has 0 saturated heterocycles. The lowest BCUT2D eigenvalue weighted by Crippen LogP contribution is -2.16. The Bertz CT molecular complexity index is 1340. The van der Waals surface area contributed by atoms with E-state index in [1.54, 1.807) is 6.07 Å². The Morgan fingerprint density at radius 2 is 1.17 bits per heavy atom. The molecule has 2 N–H and O–H groups in total. The number of fused-ring (bicyclic) bond motifs is 1. The molecule has 0 saturated carbocycles. The third-order valence-corrected chi connectivity index (χ3v) is 7.43. The summed E-state index contributed by atoms with van der Waals surface area (Å²) in [5.74, 6) is 1.06. The second-order valence-corrected chi connectivity index (χ2v) is 10.9. The molecule has 0 radical (unpaired) electrons. The summed E-state index contributed by atoms with van der Waals surface area (Å²) in [4.78, 5) is 14.5. The zero-order chi connectivity index (χ0) is 30.5. The number of phenols is 2. The maximum absolute atomic E-state index is 14.5. The van der Waals surface area contributed by atoms with Crippen LogP contribution in [0.3, 0.4) is 0 Å². The Hall–Kier alpha value is -3.35. The molecule has 3 rings (SSSR count). The lowest BCUT2D eigenvalue weighted by Gasteiger charge is -2.23. The molecule has 0 bridgehead atoms. The van der Waals surface area contributed by atoms with Crippen molar-refractivity contribution < 1.29 is 28.8 Å². The van der Waals surface area contributed by atoms with Crippen LogP contribution in [0.4, 0.5) is 0 Å². The minimum absolute atomic E-state index is 0.0870. The quantitative estimate of drug-likeness (QED) is 0.107. The largest absolute Gasteiger partial charge is 0.504 e. The van der Waals surface area contributed by atoms with Gasteiger partial charge in [0.15, 0.2) is 17.3 Å². The molecule has 0 unspecified atom stereocenters. The molecule has 1 aromatic heterocycles. The van der Waals surface area contributed by atoms with E-state index in [1.165, 1.54) is 12.1 Å². The average Bonchev–Trinajstić information content (AvgIpc) is 2.98. The highest BCUT2D eigenvalue weighted by Crippen LogP contribution is 2.45. The molecular formula is C35H50O7. The predicted octanol–water partition coefficient (Wildman–Crippen LogP) is 9.09. The fraction of sp³-hybridized carbons (Fsp3) is 0.571. The molecule has 0 amide bonds. The first-order valence-electron chi connectivity index (χ1n) is 16.0. The van der Waals surface area contributed by atoms with Crippen LogP contribution in [0.5, 0.6) is 28.7 Å². The average molecular weight is 583 g/mol. The molecule has 0 aliphatic carbocycles. The van der Waals surface area contributed by atoms with Crippen molar-refractivity contribution >= 4 is 11.0 Å². The van der Waals surface area contributed by atoms with Gasteiger partial charge in [-0.05, 0) is 63.1 Å². The summed E-state index contributed by atoms with van der Waals surface area (Å²) in [7, 11) is 0. The van der Waals surface area contributed by atoms with Crippen molar-refractivity contribution in [3.05, 3.63) is 39.5 Å². The van der Waals surface area contributed by atoms with E-state index >= 15 is 0 Å². The Morgan fingerprint density at radius 1 is 0.643 bits per heavy atom. The van der Waals surface area contributed by atoms with Gasteiger partial charge in [-0.25, -0.2) is 0 Å². The van der Waals surface area contributed by atoms with E-state index in [1.807, 2.05) is 0 Å². The highest BCUT2D eigenvalue weighted by molar-refractivity contribution is 5.93. The maximum atomic E-state index is 14.5. The second-order valence-electron chi connectivity index (χ2n) is 10.9. The van der Waals surface area contributed by atoms with E-state index in [0.717, 1.165) is 87.5 Å². The van der Waals surface area contributed by atoms with Crippen LogP contribution >= 0.6 is 0 Å². The number of ether oxygens (including phenoxy) is 3. The minimum atomic E-state index is -0.303. The van der Waals surface area contributed by atoms with E-state index in [2.05, 4.69) is 34.6 Å². The summed E-state index contributed by atoms with van der Waals surface area (Å²) < 4.78 is 25.8. The van der Waals surface area contributed by atoms with E-state index in [0.29, 0.717) is 48.5 Å². The number of aryl methyl sites for hydroxylation is 1. The molecule has 0 spiro atoms. The van der Waals surface area contributed by atoms with Gasteiger partial charge in [0.05, 0.1) is 19.8 Å². The molecule has 0 aliphatic heterocycles. The molecule has 0 aliphatic rings. The fourth-order valence-corrected chi connectivity index (χ4v) is 4.91. The first kappa shape index (κ1) is 33.2. The molecular weight excluding hydrogens is 532 g/mol. The minimum Gasteiger partial charge on any atom is -0.504 e. The third kappa shape index (κ3) is 7.93. The van der Waals surface area contributed by atoms with E-state index < -0.39 is 0 Å². The molecule has 1 heterocycles. The van der Waals surface area contributed by atoms with Gasteiger partial charge < -0.3 is 28.8 Å². The monoisotopic (exact) mass is 582 g/mol. The van der Waals surface area contributed by atoms with Gasteiger partial charge in [0.1, 0.15) is 22.5 Å². The van der Waals surface area contributed by atoms with Crippen LogP contribution in [0, 0.1) is 0 Å². The van der Waals surface area contributed by atoms with Gasteiger partial charge in [-0.3, -0.25) is 4.79 Å². The summed E-state index contributed by atoms with van der Waals surface area (Å²) in [5, 5.41) is 20.7. The number of phenolic OH excluding ortho intramolecular Hbond substituents is 2. The van der Waals surface area contributed by atoms with Crippen molar-refractivity contribution in [1.29, 1.82) is 0 Å². The number of aromatic hydroxyl groups is 2. The van der Waals surface area contributed by atoms with Crippen LogP contribution in [-0.4, -0.2) is 30.0 Å². The molecule has 0 atom stereocenters. The highest BCUT2D eigenvalue weighted by Gasteiger charge is 2.29. The molecule has 2 aromatic carbocycles. The first-order chi connectivity index (χ1) is 20.4. The van der Waals surface area contributed by atoms with Crippen molar-refractivity contribution in [3.63, 3.8) is 0 Å². The molecule has 7 heteroatoms. The van der Waals surface area contributed by atoms with Gasteiger partial charge in [0.25, 0.3) is 0 Å². The van der Waals surface area contributed by atoms with Crippen molar-refractivity contribution in [1.82, 2.24) is 0 Å². The molecule has 42 heavy (non-hydrogen) atoms. The maximum Gasteiger partial charge on any atom is 0.239 e. The van der Waals surface area contributed by atoms with E-state index in [-0.39, 0.29) is 28.4 Å². The Balaban J connectivity index is 2.48. The number of benzene rings is 2. The van der Waals surface area contributed by atoms with Gasteiger partial charge in [0, 0.05) is 16.7 Å². The van der Waals surface area contributed by atoms with Gasteiger partial charge in [0.2, 0.25) is 11.2 Å². The van der Waals surface area contributed by atoms with Crippen LogP contribution in [-0.2, 0) is 12.8 Å². The van der Waals surface area contributed by atoms with E-state index in [9.17, 15) is 15.0 Å². The van der Waals surface area contributed by atoms with Crippen LogP contribution in [0.2, 0.25) is 0 Å². The lowest BCUT2D eigenvalue weighted by molar-refractivity contribution is 0.285. The first-order valence-corrected chi connectivity index (χ1v) is 16.0. The number of unbranched alkanes of at least 4 members (excludes halogenated alkanes) is 5. The Kier molecular flexibility index (Phi) is 13.4. The zero-order valence-corrected chi connectivity index (χ0v) is 26.3. The SMILES string of the molecule is CCCCOc1c(CCCC)c(OCCCC)c2c(=O)c(OCCCC)c(-c3ccc(O)c(O)c3)oc2c1CCCC. The van der Waals surface area contributed by atoms with Crippen molar-refractivity contribution in [2.75, 3.05) is 19.8 Å². The molecule has 3 aromatic rings. The molecule has 232 valence electrons. The topological polar surface area (TPSA) is 98.4 Å². The van der Waals surface area contributed by atoms with Crippen LogP contribution < -0.4 is 19.6 Å².